The van der Waals surface area contributed by atoms with E-state index in [0.717, 1.165) is 11.4 Å². The van der Waals surface area contributed by atoms with Gasteiger partial charge >= 0.3 is 0 Å². The van der Waals surface area contributed by atoms with Crippen LogP contribution in [-0.4, -0.2) is 15.9 Å². The lowest BCUT2D eigenvalue weighted by atomic mass is 10.2. The fourth-order valence-electron chi connectivity index (χ4n) is 2.32. The van der Waals surface area contributed by atoms with E-state index >= 15 is 0 Å². The van der Waals surface area contributed by atoms with Crippen LogP contribution in [0.4, 0.5) is 11.4 Å². The summed E-state index contributed by atoms with van der Waals surface area (Å²) in [6.45, 7) is 4.09. The number of anilines is 1. The number of pyridine rings is 1. The van der Waals surface area contributed by atoms with Crippen molar-refractivity contribution in [3.8, 4) is 0 Å². The van der Waals surface area contributed by atoms with Crippen LogP contribution in [0.15, 0.2) is 77.9 Å². The number of hydrazine groups is 1. The van der Waals surface area contributed by atoms with E-state index in [1.54, 1.807) is 6.20 Å². The number of amidine groups is 1. The van der Waals surface area contributed by atoms with Crippen LogP contribution in [0.25, 0.3) is 0 Å². The molecule has 0 unspecified atom stereocenters. The number of hydrogen-bond acceptors (Lipinski definition) is 3. The van der Waals surface area contributed by atoms with E-state index < -0.39 is 0 Å². The van der Waals surface area contributed by atoms with Gasteiger partial charge in [-0.2, -0.15) is 0 Å². The molecule has 0 aliphatic heterocycles. The molecule has 0 radical (unpaired) electrons. The number of aliphatic imine (C=N–C) groups is 1. The zero-order chi connectivity index (χ0) is 19.1. The summed E-state index contributed by atoms with van der Waals surface area (Å²) in [4.78, 5) is 9.02. The lowest BCUT2D eigenvalue weighted by molar-refractivity contribution is 0.869. The number of aromatic nitrogens is 1. The molecule has 0 fully saturated rings. The van der Waals surface area contributed by atoms with Gasteiger partial charge in [0.05, 0.1) is 5.69 Å². The second kappa shape index (κ2) is 8.91. The van der Waals surface area contributed by atoms with Crippen LogP contribution in [0, 0.1) is 13.8 Å². The van der Waals surface area contributed by atoms with Crippen molar-refractivity contribution in [1.82, 2.24) is 15.8 Å². The summed E-state index contributed by atoms with van der Waals surface area (Å²) >= 11 is 5.36. The fourth-order valence-corrected chi connectivity index (χ4v) is 2.48. The van der Waals surface area contributed by atoms with Crippen LogP contribution >= 0.6 is 12.2 Å². The molecule has 3 N–H and O–H groups in total. The number of benzene rings is 2. The normalized spacial score (nSPS) is 11.0. The minimum atomic E-state index is 0.436. The van der Waals surface area contributed by atoms with E-state index in [0.29, 0.717) is 16.6 Å². The first-order valence-electron chi connectivity index (χ1n) is 8.56. The Morgan fingerprint density at radius 1 is 0.852 bits per heavy atom. The summed E-state index contributed by atoms with van der Waals surface area (Å²) in [5.41, 5.74) is 10.9. The van der Waals surface area contributed by atoms with Crippen molar-refractivity contribution in [3.63, 3.8) is 0 Å². The maximum atomic E-state index is 5.36. The Morgan fingerprint density at radius 3 is 2.15 bits per heavy atom. The maximum Gasteiger partial charge on any atom is 0.189 e. The third kappa shape index (κ3) is 5.62. The topological polar surface area (TPSA) is 61.3 Å². The molecule has 0 bridgehead atoms. The zero-order valence-corrected chi connectivity index (χ0v) is 16.0. The second-order valence-electron chi connectivity index (χ2n) is 6.08. The molecule has 136 valence electrons. The molecule has 0 amide bonds. The molecular formula is C21H21N5S. The minimum absolute atomic E-state index is 0.436. The van der Waals surface area contributed by atoms with Crippen LogP contribution in [0.3, 0.4) is 0 Å². The Morgan fingerprint density at radius 2 is 1.52 bits per heavy atom. The Labute approximate surface area is 164 Å². The molecular weight excluding hydrogens is 354 g/mol. The van der Waals surface area contributed by atoms with E-state index in [4.69, 9.17) is 12.2 Å². The average molecular weight is 376 g/mol. The van der Waals surface area contributed by atoms with E-state index in [-0.39, 0.29) is 0 Å². The third-order valence-corrected chi connectivity index (χ3v) is 3.99. The lowest BCUT2D eigenvalue weighted by Crippen LogP contribution is -2.44. The summed E-state index contributed by atoms with van der Waals surface area (Å²) in [6.07, 6.45) is 1.73. The third-order valence-electron chi connectivity index (χ3n) is 3.79. The number of nitrogens with zero attached hydrogens (tertiary/aromatic N) is 2. The first kappa shape index (κ1) is 18.5. The van der Waals surface area contributed by atoms with Crippen LogP contribution in [0.5, 0.6) is 0 Å². The second-order valence-corrected chi connectivity index (χ2v) is 6.49. The SMILES string of the molecule is Cc1ccc(N=C(NNC(=S)Nc2ccc(C)cc2)c2ccccn2)cc1. The van der Waals surface area contributed by atoms with Gasteiger partial charge in [0, 0.05) is 11.9 Å². The van der Waals surface area contributed by atoms with E-state index in [2.05, 4.69) is 26.1 Å². The highest BCUT2D eigenvalue weighted by Gasteiger charge is 2.06. The summed E-state index contributed by atoms with van der Waals surface area (Å²) in [7, 11) is 0. The average Bonchev–Trinajstić information content (AvgIpc) is 2.69. The Balaban J connectivity index is 1.72. The molecule has 1 heterocycles. The molecule has 5 nitrogen and oxygen atoms in total. The molecule has 1 aromatic heterocycles. The fraction of sp³-hybridized carbons (Fsp3) is 0.0952. The van der Waals surface area contributed by atoms with Crippen molar-refractivity contribution >= 4 is 34.5 Å². The van der Waals surface area contributed by atoms with Gasteiger partial charge < -0.3 is 5.32 Å². The Bertz CT molecular complexity index is 919. The Hall–Kier alpha value is -3.25. The van der Waals surface area contributed by atoms with E-state index in [1.165, 1.54) is 11.1 Å². The lowest BCUT2D eigenvalue weighted by Gasteiger charge is -2.14. The molecule has 2 aromatic carbocycles. The highest BCUT2D eigenvalue weighted by molar-refractivity contribution is 7.80. The van der Waals surface area contributed by atoms with E-state index in [9.17, 15) is 0 Å². The summed E-state index contributed by atoms with van der Waals surface area (Å²) < 4.78 is 0. The van der Waals surface area contributed by atoms with Gasteiger partial charge in [-0.3, -0.25) is 15.8 Å². The van der Waals surface area contributed by atoms with Crippen LogP contribution in [0.1, 0.15) is 16.8 Å². The monoisotopic (exact) mass is 375 g/mol. The molecule has 3 aromatic rings. The molecule has 0 atom stereocenters. The van der Waals surface area contributed by atoms with Crippen molar-refractivity contribution in [1.29, 1.82) is 0 Å². The molecule has 0 aliphatic carbocycles. The van der Waals surface area contributed by atoms with E-state index in [1.807, 2.05) is 80.6 Å². The van der Waals surface area contributed by atoms with Gasteiger partial charge in [-0.15, -0.1) is 0 Å². The number of aryl methyl sites for hydroxylation is 2. The smallest absolute Gasteiger partial charge is 0.189 e. The quantitative estimate of drug-likeness (QED) is 0.276. The first-order valence-corrected chi connectivity index (χ1v) is 8.97. The molecule has 6 heteroatoms. The predicted molar refractivity (Wildman–Crippen MR) is 115 cm³/mol. The van der Waals surface area contributed by atoms with Crippen molar-refractivity contribution in [2.45, 2.75) is 13.8 Å². The van der Waals surface area contributed by atoms with Gasteiger partial charge in [0.2, 0.25) is 0 Å². The van der Waals surface area contributed by atoms with Crippen molar-refractivity contribution in [2.24, 2.45) is 4.99 Å². The number of rotatable bonds is 3. The molecule has 3 rings (SSSR count). The maximum absolute atomic E-state index is 5.36. The molecule has 0 saturated heterocycles. The largest absolute Gasteiger partial charge is 0.331 e. The van der Waals surface area contributed by atoms with Gasteiger partial charge in [-0.25, -0.2) is 4.99 Å². The molecule has 0 spiro atoms. The van der Waals surface area contributed by atoms with Crippen LogP contribution < -0.4 is 16.2 Å². The Kier molecular flexibility index (Phi) is 6.12. The van der Waals surface area contributed by atoms with Crippen molar-refractivity contribution < 1.29 is 0 Å². The highest BCUT2D eigenvalue weighted by Crippen LogP contribution is 2.14. The number of nitrogens with one attached hydrogen (secondary N) is 3. The highest BCUT2D eigenvalue weighted by atomic mass is 32.1. The number of thiocarbonyl (C=S) groups is 1. The van der Waals surface area contributed by atoms with Crippen molar-refractivity contribution in [3.05, 3.63) is 89.7 Å². The van der Waals surface area contributed by atoms with Crippen LogP contribution in [-0.2, 0) is 0 Å². The van der Waals surface area contributed by atoms with Gasteiger partial charge in [0.1, 0.15) is 5.69 Å². The molecule has 0 saturated carbocycles. The summed E-state index contributed by atoms with van der Waals surface area (Å²) in [5.74, 6) is 0.576. The number of hydrogen-bond donors (Lipinski definition) is 3. The standard InChI is InChI=1S/C21H21N5S/c1-15-6-10-17(11-7-15)23-20(19-5-3-4-14-22-19)25-26-21(27)24-18-12-8-16(2)9-13-18/h3-14H,1-2H3,(H,23,25)(H2,24,26,27). The van der Waals surface area contributed by atoms with Gasteiger partial charge in [-0.1, -0.05) is 41.5 Å². The van der Waals surface area contributed by atoms with Crippen molar-refractivity contribution in [2.75, 3.05) is 5.32 Å². The summed E-state index contributed by atoms with van der Waals surface area (Å²) in [6, 6.07) is 21.6. The predicted octanol–water partition coefficient (Wildman–Crippen LogP) is 4.27. The molecule has 0 aliphatic rings. The molecule has 27 heavy (non-hydrogen) atoms. The van der Waals surface area contributed by atoms with Gasteiger partial charge in [-0.05, 0) is 62.5 Å². The minimum Gasteiger partial charge on any atom is -0.331 e. The first-order chi connectivity index (χ1) is 13.1. The van der Waals surface area contributed by atoms with Gasteiger partial charge in [0.15, 0.2) is 10.9 Å². The zero-order valence-electron chi connectivity index (χ0n) is 15.2. The summed E-state index contributed by atoms with van der Waals surface area (Å²) in [5, 5.41) is 3.57. The van der Waals surface area contributed by atoms with Gasteiger partial charge in [0.25, 0.3) is 0 Å². The van der Waals surface area contributed by atoms with Crippen LogP contribution in [0.2, 0.25) is 0 Å².